The molecule has 5 rings (SSSR count). The molecule has 2 aliphatic heterocycles. The second-order valence-corrected chi connectivity index (χ2v) is 12.7. The van der Waals surface area contributed by atoms with E-state index in [-0.39, 0.29) is 29.4 Å². The molecule has 0 unspecified atom stereocenters. The fourth-order valence-electron chi connectivity index (χ4n) is 5.44. The van der Waals surface area contributed by atoms with Crippen LogP contribution in [0, 0.1) is 6.92 Å². The van der Waals surface area contributed by atoms with Crippen molar-refractivity contribution in [1.82, 2.24) is 9.88 Å². The molecule has 0 saturated carbocycles. The maximum atomic E-state index is 13.5. The number of carbonyl (C=O) groups is 3. The Labute approximate surface area is 280 Å². The molecule has 0 radical (unpaired) electrons. The monoisotopic (exact) mass is 661 g/mol. The van der Waals surface area contributed by atoms with Crippen LogP contribution in [0.25, 0.3) is 0 Å². The molecule has 256 valence electrons. The van der Waals surface area contributed by atoms with Crippen LogP contribution in [0.3, 0.4) is 0 Å². The van der Waals surface area contributed by atoms with E-state index in [2.05, 4.69) is 15.2 Å². The maximum Gasteiger partial charge on any atom is 0.410 e. The van der Waals surface area contributed by atoms with Crippen LogP contribution in [-0.2, 0) is 9.47 Å². The number of morpholine rings is 1. The van der Waals surface area contributed by atoms with E-state index in [1.54, 1.807) is 54.4 Å². The number of benzene rings is 2. The predicted molar refractivity (Wildman–Crippen MR) is 179 cm³/mol. The van der Waals surface area contributed by atoms with Gasteiger partial charge in [0.05, 0.1) is 26.0 Å². The van der Waals surface area contributed by atoms with Crippen molar-refractivity contribution < 1.29 is 38.5 Å². The second kappa shape index (κ2) is 14.9. The van der Waals surface area contributed by atoms with E-state index < -0.39 is 11.5 Å². The van der Waals surface area contributed by atoms with Gasteiger partial charge in [-0.15, -0.1) is 0 Å². The summed E-state index contributed by atoms with van der Waals surface area (Å²) in [5.74, 6) is 0.416. The topological polar surface area (TPSA) is 143 Å². The third kappa shape index (κ3) is 8.52. The number of ether oxygens (including phenoxy) is 4. The van der Waals surface area contributed by atoms with Crippen molar-refractivity contribution in [2.75, 3.05) is 61.8 Å². The highest BCUT2D eigenvalue weighted by molar-refractivity contribution is 6.07. The summed E-state index contributed by atoms with van der Waals surface area (Å²) in [6.07, 6.45) is 2.15. The number of nitrogens with zero attached hydrogens (tertiary/aromatic N) is 4. The standard InChI is InChI=1S/C35H43N5O8/c1-23-6-8-26(37-32(41)24-10-13-36-31(21-24)38-16-18-46-19-17-38)22-28(23)40(44)33(42)25-7-9-29(45-5)30(20-25)47-27-11-14-39(15-12-27)34(43)48-35(2,3)4/h6-10,13,20-22,27,44H,11-12,14-19H2,1-5H3,(H,37,41). The molecule has 2 fully saturated rings. The summed E-state index contributed by atoms with van der Waals surface area (Å²) < 4.78 is 22.6. The zero-order chi connectivity index (χ0) is 34.4. The minimum Gasteiger partial charge on any atom is -0.493 e. The summed E-state index contributed by atoms with van der Waals surface area (Å²) in [7, 11) is 1.51. The van der Waals surface area contributed by atoms with Crippen molar-refractivity contribution in [2.45, 2.75) is 52.2 Å². The van der Waals surface area contributed by atoms with Crippen molar-refractivity contribution >= 4 is 35.1 Å². The summed E-state index contributed by atoms with van der Waals surface area (Å²) >= 11 is 0. The van der Waals surface area contributed by atoms with Crippen LogP contribution in [0.15, 0.2) is 54.7 Å². The second-order valence-electron chi connectivity index (χ2n) is 12.7. The van der Waals surface area contributed by atoms with Crippen molar-refractivity contribution in [3.8, 4) is 11.5 Å². The Hall–Kier alpha value is -4.88. The van der Waals surface area contributed by atoms with Crippen LogP contribution in [0.4, 0.5) is 22.0 Å². The zero-order valence-electron chi connectivity index (χ0n) is 28.0. The average molecular weight is 662 g/mol. The molecule has 0 spiro atoms. The van der Waals surface area contributed by atoms with Gasteiger partial charge in [-0.2, -0.15) is 5.06 Å². The fourth-order valence-corrected chi connectivity index (χ4v) is 5.44. The first-order valence-corrected chi connectivity index (χ1v) is 16.0. The zero-order valence-corrected chi connectivity index (χ0v) is 28.0. The van der Waals surface area contributed by atoms with E-state index in [1.807, 2.05) is 20.8 Å². The molecule has 13 nitrogen and oxygen atoms in total. The number of hydrogen-bond acceptors (Lipinski definition) is 10. The first kappa shape index (κ1) is 34.5. The van der Waals surface area contributed by atoms with Crippen molar-refractivity contribution in [3.63, 3.8) is 0 Å². The number of hydroxylamine groups is 1. The molecule has 1 aromatic heterocycles. The van der Waals surface area contributed by atoms with E-state index in [0.717, 1.165) is 0 Å². The van der Waals surface area contributed by atoms with E-state index in [0.29, 0.717) is 91.4 Å². The molecular weight excluding hydrogens is 618 g/mol. The fraction of sp³-hybridized carbons (Fsp3) is 0.429. The molecule has 2 N–H and O–H groups in total. The lowest BCUT2D eigenvalue weighted by Gasteiger charge is -2.33. The summed E-state index contributed by atoms with van der Waals surface area (Å²) in [4.78, 5) is 47.3. The van der Waals surface area contributed by atoms with Gasteiger partial charge in [0.15, 0.2) is 11.5 Å². The first-order chi connectivity index (χ1) is 22.9. The molecule has 3 heterocycles. The smallest absolute Gasteiger partial charge is 0.410 e. The summed E-state index contributed by atoms with van der Waals surface area (Å²) in [6, 6.07) is 13.0. The van der Waals surface area contributed by atoms with Crippen molar-refractivity contribution in [1.29, 1.82) is 0 Å². The maximum absolute atomic E-state index is 13.5. The Morgan fingerprint density at radius 2 is 1.69 bits per heavy atom. The van der Waals surface area contributed by atoms with E-state index in [1.165, 1.54) is 19.2 Å². The Morgan fingerprint density at radius 3 is 2.38 bits per heavy atom. The number of nitrogens with one attached hydrogen (secondary N) is 1. The van der Waals surface area contributed by atoms with Gasteiger partial charge in [-0.1, -0.05) is 6.07 Å². The highest BCUT2D eigenvalue weighted by atomic mass is 16.6. The number of amides is 3. The molecule has 2 aliphatic rings. The number of anilines is 3. The molecule has 0 aliphatic carbocycles. The lowest BCUT2D eigenvalue weighted by atomic mass is 10.1. The van der Waals surface area contributed by atoms with Crippen LogP contribution in [0.1, 0.15) is 59.9 Å². The number of piperidine rings is 1. The molecule has 3 amide bonds. The number of aromatic nitrogens is 1. The van der Waals surface area contributed by atoms with Gasteiger partial charge in [-0.3, -0.25) is 14.8 Å². The van der Waals surface area contributed by atoms with Gasteiger partial charge in [-0.25, -0.2) is 9.78 Å². The van der Waals surface area contributed by atoms with Gasteiger partial charge in [0, 0.05) is 62.0 Å². The van der Waals surface area contributed by atoms with Gasteiger partial charge < -0.3 is 34.1 Å². The molecule has 13 heteroatoms. The SMILES string of the molecule is COc1ccc(C(=O)N(O)c2cc(NC(=O)c3ccnc(N4CCOCC4)c3)ccc2C)cc1OC1CCN(C(=O)OC(C)(C)C)CC1. The van der Waals surface area contributed by atoms with Crippen LogP contribution >= 0.6 is 0 Å². The molecule has 0 bridgehead atoms. The molecule has 3 aromatic rings. The highest BCUT2D eigenvalue weighted by Crippen LogP contribution is 2.33. The summed E-state index contributed by atoms with van der Waals surface area (Å²) in [6.45, 7) is 10.8. The number of carbonyl (C=O) groups excluding carboxylic acids is 3. The normalized spacial score (nSPS) is 15.5. The minimum absolute atomic E-state index is 0.167. The number of aryl methyl sites for hydroxylation is 1. The van der Waals surface area contributed by atoms with Gasteiger partial charge in [0.1, 0.15) is 17.5 Å². The third-order valence-corrected chi connectivity index (χ3v) is 8.03. The Balaban J connectivity index is 1.25. The number of likely N-dealkylation sites (tertiary alicyclic amines) is 1. The number of methoxy groups -OCH3 is 1. The lowest BCUT2D eigenvalue weighted by Crippen LogP contribution is -2.44. The van der Waals surface area contributed by atoms with Crippen molar-refractivity contribution in [2.24, 2.45) is 0 Å². The molecule has 0 atom stereocenters. The van der Waals surface area contributed by atoms with Gasteiger partial charge in [0.2, 0.25) is 0 Å². The Kier molecular flexibility index (Phi) is 10.7. The number of pyridine rings is 1. The Morgan fingerprint density at radius 1 is 0.958 bits per heavy atom. The van der Waals surface area contributed by atoms with E-state index in [9.17, 15) is 19.6 Å². The lowest BCUT2D eigenvalue weighted by molar-refractivity contribution is 0.0124. The quantitative estimate of drug-likeness (QED) is 0.241. The van der Waals surface area contributed by atoms with Crippen molar-refractivity contribution in [3.05, 3.63) is 71.4 Å². The highest BCUT2D eigenvalue weighted by Gasteiger charge is 2.29. The van der Waals surface area contributed by atoms with Crippen LogP contribution in [0.2, 0.25) is 0 Å². The van der Waals surface area contributed by atoms with Gasteiger partial charge in [0.25, 0.3) is 11.8 Å². The molecular formula is C35H43N5O8. The molecule has 2 saturated heterocycles. The van der Waals surface area contributed by atoms with Gasteiger partial charge in [-0.05, 0) is 75.7 Å². The molecule has 48 heavy (non-hydrogen) atoms. The van der Waals surface area contributed by atoms with E-state index in [4.69, 9.17) is 18.9 Å². The number of rotatable bonds is 8. The van der Waals surface area contributed by atoms with Crippen LogP contribution in [-0.4, -0.2) is 91.2 Å². The largest absolute Gasteiger partial charge is 0.493 e. The third-order valence-electron chi connectivity index (χ3n) is 8.03. The summed E-state index contributed by atoms with van der Waals surface area (Å²) in [5.41, 5.74) is 1.23. The van der Waals surface area contributed by atoms with Gasteiger partial charge >= 0.3 is 6.09 Å². The minimum atomic E-state index is -0.696. The Bertz CT molecular complexity index is 1630. The van der Waals surface area contributed by atoms with Crippen LogP contribution in [0.5, 0.6) is 11.5 Å². The summed E-state index contributed by atoms with van der Waals surface area (Å²) in [5, 5.41) is 14.5. The first-order valence-electron chi connectivity index (χ1n) is 16.0. The molecule has 2 aromatic carbocycles. The average Bonchev–Trinajstić information content (AvgIpc) is 3.08. The predicted octanol–water partition coefficient (Wildman–Crippen LogP) is 5.30. The van der Waals surface area contributed by atoms with Crippen LogP contribution < -0.4 is 24.8 Å². The van der Waals surface area contributed by atoms with E-state index >= 15 is 0 Å². The number of hydrogen-bond donors (Lipinski definition) is 2.